The lowest BCUT2D eigenvalue weighted by Gasteiger charge is -2.25. The number of allylic oxidation sites excluding steroid dienone is 2. The Kier molecular flexibility index (Phi) is 10.6. The molecule has 0 saturated carbocycles. The lowest BCUT2D eigenvalue weighted by Crippen LogP contribution is -2.31. The van der Waals surface area contributed by atoms with Gasteiger partial charge in [0.25, 0.3) is 11.8 Å². The number of rotatable bonds is 16. The van der Waals surface area contributed by atoms with Crippen molar-refractivity contribution < 1.29 is 9.59 Å². The second-order valence-electron chi connectivity index (χ2n) is 14.6. The molecule has 274 valence electrons. The number of aryl methyl sites for hydroxylation is 3. The standard InChI is InChI=1S/C47H54N4O2/c1-7-12-15-19-28-50-44(33-24-26-40-36(30-33)32(6)38(22-14-9-3)48(40)10-4)42-43(47(50)53)45(51(46(42)52)29-20-16-13-8-2)34-25-27-41-37(31-34)35-21-17-18-23-39(35)49(41)11-5/h9,14,17-18,21-27,30-31H,3,7-8,10-13,15-16,19-20,28-29H2,1-2,4-6H3/b22-14-. The number of hydrogen-bond donors (Lipinski definition) is 0. The molecule has 4 heterocycles. The fourth-order valence-electron chi connectivity index (χ4n) is 8.76. The normalized spacial score (nSPS) is 14.9. The minimum absolute atomic E-state index is 0.0560. The quantitative estimate of drug-likeness (QED) is 0.0757. The van der Waals surface area contributed by atoms with Crippen molar-refractivity contribution in [1.82, 2.24) is 18.9 Å². The van der Waals surface area contributed by atoms with Crippen molar-refractivity contribution in [1.29, 1.82) is 0 Å². The highest BCUT2D eigenvalue weighted by atomic mass is 16.2. The molecular weight excluding hydrogens is 653 g/mol. The van der Waals surface area contributed by atoms with E-state index >= 15 is 0 Å². The Balaban J connectivity index is 1.46. The van der Waals surface area contributed by atoms with E-state index in [-0.39, 0.29) is 11.8 Å². The molecule has 2 aliphatic rings. The third-order valence-corrected chi connectivity index (χ3v) is 11.4. The molecule has 0 fully saturated rings. The highest BCUT2D eigenvalue weighted by Gasteiger charge is 2.48. The monoisotopic (exact) mass is 706 g/mol. The van der Waals surface area contributed by atoms with E-state index in [2.05, 4.69) is 117 Å². The number of amides is 2. The van der Waals surface area contributed by atoms with Gasteiger partial charge in [0.05, 0.1) is 22.5 Å². The van der Waals surface area contributed by atoms with Crippen molar-refractivity contribution in [3.63, 3.8) is 0 Å². The molecule has 0 spiro atoms. The van der Waals surface area contributed by atoms with Crippen LogP contribution in [-0.2, 0) is 22.7 Å². The smallest absolute Gasteiger partial charge is 0.261 e. The molecule has 3 aromatic carbocycles. The van der Waals surface area contributed by atoms with Crippen LogP contribution >= 0.6 is 0 Å². The minimum Gasteiger partial charge on any atom is -0.341 e. The summed E-state index contributed by atoms with van der Waals surface area (Å²) in [5.74, 6) is -0.112. The Labute approximate surface area is 314 Å². The predicted octanol–water partition coefficient (Wildman–Crippen LogP) is 11.3. The maximum Gasteiger partial charge on any atom is 0.261 e. The van der Waals surface area contributed by atoms with Gasteiger partial charge >= 0.3 is 0 Å². The largest absolute Gasteiger partial charge is 0.341 e. The summed E-state index contributed by atoms with van der Waals surface area (Å²) in [6.07, 6.45) is 14.2. The molecule has 0 unspecified atom stereocenters. The summed E-state index contributed by atoms with van der Waals surface area (Å²) >= 11 is 0. The van der Waals surface area contributed by atoms with Gasteiger partial charge in [-0.2, -0.15) is 0 Å². The van der Waals surface area contributed by atoms with Crippen molar-refractivity contribution in [2.24, 2.45) is 0 Å². The molecule has 2 aliphatic heterocycles. The van der Waals surface area contributed by atoms with Crippen LogP contribution in [0.1, 0.15) is 101 Å². The van der Waals surface area contributed by atoms with Gasteiger partial charge in [0.15, 0.2) is 0 Å². The number of carbonyl (C=O) groups is 2. The maximum atomic E-state index is 15.0. The van der Waals surface area contributed by atoms with Gasteiger partial charge in [0.1, 0.15) is 0 Å². The molecule has 5 aromatic rings. The van der Waals surface area contributed by atoms with Gasteiger partial charge in [0.2, 0.25) is 0 Å². The van der Waals surface area contributed by atoms with Crippen molar-refractivity contribution in [3.05, 3.63) is 113 Å². The summed E-state index contributed by atoms with van der Waals surface area (Å²) in [5, 5.41) is 3.47. The summed E-state index contributed by atoms with van der Waals surface area (Å²) in [4.78, 5) is 33.8. The highest BCUT2D eigenvalue weighted by molar-refractivity contribution is 6.30. The molecule has 2 amide bonds. The third kappa shape index (κ3) is 6.16. The molecule has 7 rings (SSSR count). The first-order chi connectivity index (χ1) is 25.9. The zero-order valence-electron chi connectivity index (χ0n) is 32.3. The summed E-state index contributed by atoms with van der Waals surface area (Å²) < 4.78 is 4.67. The molecular formula is C47H54N4O2. The Morgan fingerprint density at radius 3 is 1.68 bits per heavy atom. The second-order valence-corrected chi connectivity index (χ2v) is 14.6. The van der Waals surface area contributed by atoms with Gasteiger partial charge in [-0.25, -0.2) is 0 Å². The van der Waals surface area contributed by atoms with Gasteiger partial charge < -0.3 is 18.9 Å². The molecule has 53 heavy (non-hydrogen) atoms. The van der Waals surface area contributed by atoms with Gasteiger partial charge in [-0.3, -0.25) is 9.59 Å². The zero-order valence-corrected chi connectivity index (χ0v) is 32.3. The van der Waals surface area contributed by atoms with Gasteiger partial charge in [-0.1, -0.05) is 101 Å². The summed E-state index contributed by atoms with van der Waals surface area (Å²) in [5.41, 5.74) is 10.3. The predicted molar refractivity (Wildman–Crippen MR) is 222 cm³/mol. The molecule has 6 nitrogen and oxygen atoms in total. The number of fused-ring (bicyclic) bond motifs is 5. The van der Waals surface area contributed by atoms with Crippen LogP contribution in [0.15, 0.2) is 90.5 Å². The van der Waals surface area contributed by atoms with Crippen LogP contribution < -0.4 is 0 Å². The summed E-state index contributed by atoms with van der Waals surface area (Å²) in [6.45, 7) is 17.7. The molecule has 0 saturated heterocycles. The summed E-state index contributed by atoms with van der Waals surface area (Å²) in [6, 6.07) is 21.6. The van der Waals surface area contributed by atoms with Crippen molar-refractivity contribution in [3.8, 4) is 0 Å². The van der Waals surface area contributed by atoms with E-state index in [1.165, 1.54) is 22.0 Å². The second kappa shape index (κ2) is 15.5. The molecule has 0 bridgehead atoms. The van der Waals surface area contributed by atoms with Crippen LogP contribution in [-0.4, -0.2) is 43.8 Å². The van der Waals surface area contributed by atoms with E-state index in [1.807, 2.05) is 15.9 Å². The average Bonchev–Trinajstić information content (AvgIpc) is 3.84. The van der Waals surface area contributed by atoms with E-state index in [0.29, 0.717) is 24.2 Å². The SMILES string of the molecule is C=C/C=C\c1c(C)c2cc(C3=C4C(=O)N(CCCCCC)C(c5ccc6c(c5)c5ccccc5n6CC)=C4C(=O)N3CCCCCC)ccc2n1CC. The lowest BCUT2D eigenvalue weighted by atomic mass is 9.99. The third-order valence-electron chi connectivity index (χ3n) is 11.4. The number of nitrogens with zero attached hydrogens (tertiary/aromatic N) is 4. The van der Waals surface area contributed by atoms with Crippen molar-refractivity contribution >= 4 is 62.0 Å². The molecule has 2 aromatic heterocycles. The molecule has 0 atom stereocenters. The first-order valence-electron chi connectivity index (χ1n) is 20.0. The van der Waals surface area contributed by atoms with E-state index < -0.39 is 0 Å². The molecule has 0 aliphatic carbocycles. The maximum absolute atomic E-state index is 15.0. The first-order valence-corrected chi connectivity index (χ1v) is 20.0. The van der Waals surface area contributed by atoms with Gasteiger partial charge in [0, 0.05) is 64.6 Å². The molecule has 6 heteroatoms. The van der Waals surface area contributed by atoms with Crippen LogP contribution in [0.5, 0.6) is 0 Å². The lowest BCUT2D eigenvalue weighted by molar-refractivity contribution is -0.124. The van der Waals surface area contributed by atoms with Crippen molar-refractivity contribution in [2.45, 2.75) is 99.1 Å². The van der Waals surface area contributed by atoms with E-state index in [1.54, 1.807) is 6.08 Å². The Morgan fingerprint density at radius 2 is 1.13 bits per heavy atom. The zero-order chi connectivity index (χ0) is 37.2. The molecule has 0 N–H and O–H groups in total. The highest BCUT2D eigenvalue weighted by Crippen LogP contribution is 2.48. The van der Waals surface area contributed by atoms with Crippen LogP contribution in [0.2, 0.25) is 0 Å². The van der Waals surface area contributed by atoms with E-state index in [4.69, 9.17) is 0 Å². The fourth-order valence-corrected chi connectivity index (χ4v) is 8.76. The number of aromatic nitrogens is 2. The van der Waals surface area contributed by atoms with Gasteiger partial charge in [-0.05, 0) is 86.7 Å². The van der Waals surface area contributed by atoms with Crippen molar-refractivity contribution in [2.75, 3.05) is 13.1 Å². The number of benzene rings is 3. The van der Waals surface area contributed by atoms with E-state index in [0.717, 1.165) is 109 Å². The fraction of sp³-hybridized carbons (Fsp3) is 0.362. The van der Waals surface area contributed by atoms with E-state index in [9.17, 15) is 9.59 Å². The first kappa shape index (κ1) is 36.3. The number of carbonyl (C=O) groups excluding carboxylic acids is 2. The Morgan fingerprint density at radius 1 is 0.604 bits per heavy atom. The summed E-state index contributed by atoms with van der Waals surface area (Å²) in [7, 11) is 0. The van der Waals surface area contributed by atoms with Crippen LogP contribution in [0.25, 0.3) is 50.2 Å². The average molecular weight is 707 g/mol. The number of para-hydroxylation sites is 1. The number of hydrogen-bond acceptors (Lipinski definition) is 2. The minimum atomic E-state index is -0.0560. The molecule has 0 radical (unpaired) electrons. The Hall–Kier alpha value is -5.10. The van der Waals surface area contributed by atoms with Crippen LogP contribution in [0.3, 0.4) is 0 Å². The van der Waals surface area contributed by atoms with Crippen LogP contribution in [0.4, 0.5) is 0 Å². The topological polar surface area (TPSA) is 50.5 Å². The van der Waals surface area contributed by atoms with Gasteiger partial charge in [-0.15, -0.1) is 0 Å². The number of unbranched alkanes of at least 4 members (excludes halogenated alkanes) is 6. The van der Waals surface area contributed by atoms with Crippen LogP contribution in [0, 0.1) is 6.92 Å². The Bertz CT molecular complexity index is 2330.